The van der Waals surface area contributed by atoms with E-state index in [2.05, 4.69) is 66.5 Å². The summed E-state index contributed by atoms with van der Waals surface area (Å²) in [7, 11) is 3.36. The first kappa shape index (κ1) is 21.3. The molecule has 0 saturated carbocycles. The third kappa shape index (κ3) is 6.56. The monoisotopic (exact) mass is 370 g/mol. The third-order valence-electron chi connectivity index (χ3n) is 5.03. The number of hydrogen-bond donors (Lipinski definition) is 1. The maximum Gasteiger partial charge on any atom is 0.161 e. The molecule has 0 aliphatic rings. The van der Waals surface area contributed by atoms with E-state index < -0.39 is 0 Å². The molecule has 2 rings (SSSR count). The second-order valence-electron chi connectivity index (χ2n) is 6.69. The number of methoxy groups -OCH3 is 2. The summed E-state index contributed by atoms with van der Waals surface area (Å²) in [5.74, 6) is 1.54. The summed E-state index contributed by atoms with van der Waals surface area (Å²) < 4.78 is 10.9. The Morgan fingerprint density at radius 1 is 0.926 bits per heavy atom. The van der Waals surface area contributed by atoms with Gasteiger partial charge in [-0.1, -0.05) is 50.2 Å². The summed E-state index contributed by atoms with van der Waals surface area (Å²) >= 11 is 0. The minimum Gasteiger partial charge on any atom is -0.493 e. The number of nitrogens with one attached hydrogen (secondary N) is 1. The van der Waals surface area contributed by atoms with Gasteiger partial charge in [0.05, 0.1) is 14.2 Å². The molecule has 0 spiro atoms. The van der Waals surface area contributed by atoms with Crippen molar-refractivity contribution in [2.75, 3.05) is 40.4 Å². The van der Waals surface area contributed by atoms with Crippen LogP contribution in [-0.4, -0.2) is 45.3 Å². The van der Waals surface area contributed by atoms with Gasteiger partial charge in [0.2, 0.25) is 0 Å². The van der Waals surface area contributed by atoms with Crippen LogP contribution in [0.25, 0.3) is 0 Å². The molecule has 148 valence electrons. The van der Waals surface area contributed by atoms with Crippen LogP contribution in [0.2, 0.25) is 0 Å². The second-order valence-corrected chi connectivity index (χ2v) is 6.69. The topological polar surface area (TPSA) is 33.7 Å². The molecule has 0 amide bonds. The lowest BCUT2D eigenvalue weighted by atomic mass is 9.98. The largest absolute Gasteiger partial charge is 0.493 e. The summed E-state index contributed by atoms with van der Waals surface area (Å²) in [6.07, 6.45) is 2.09. The summed E-state index contributed by atoms with van der Waals surface area (Å²) in [4.78, 5) is 2.46. The lowest BCUT2D eigenvalue weighted by Gasteiger charge is -2.22. The van der Waals surface area contributed by atoms with Crippen LogP contribution < -0.4 is 14.8 Å². The molecular weight excluding hydrogens is 336 g/mol. The van der Waals surface area contributed by atoms with E-state index in [4.69, 9.17) is 9.47 Å². The zero-order chi connectivity index (χ0) is 19.5. The Morgan fingerprint density at radius 2 is 1.63 bits per heavy atom. The van der Waals surface area contributed by atoms with Crippen LogP contribution in [-0.2, 0) is 6.42 Å². The van der Waals surface area contributed by atoms with Gasteiger partial charge in [0.15, 0.2) is 11.5 Å². The third-order valence-corrected chi connectivity index (χ3v) is 5.03. The standard InChI is InChI=1S/C23H34N2O2/c1-5-25(6-2)16-10-15-24-21(17-19-11-8-7-9-12-19)20-13-14-22(26-3)23(18-20)27-4/h7-9,11-14,18,21,24H,5-6,10,15-17H2,1-4H3. The van der Waals surface area contributed by atoms with E-state index in [0.717, 1.165) is 50.5 Å². The summed E-state index contributed by atoms with van der Waals surface area (Å²) in [6.45, 7) is 8.78. The molecule has 0 aliphatic heterocycles. The molecule has 0 bridgehead atoms. The van der Waals surface area contributed by atoms with Crippen molar-refractivity contribution in [3.63, 3.8) is 0 Å². The average molecular weight is 371 g/mol. The van der Waals surface area contributed by atoms with E-state index in [1.165, 1.54) is 11.1 Å². The minimum absolute atomic E-state index is 0.240. The predicted octanol–water partition coefficient (Wildman–Crippen LogP) is 4.31. The molecule has 0 aromatic heterocycles. The zero-order valence-corrected chi connectivity index (χ0v) is 17.2. The van der Waals surface area contributed by atoms with Gasteiger partial charge in [-0.2, -0.15) is 0 Å². The molecule has 0 radical (unpaired) electrons. The normalized spacial score (nSPS) is 12.2. The smallest absolute Gasteiger partial charge is 0.161 e. The molecule has 2 aromatic carbocycles. The number of ether oxygens (including phenoxy) is 2. The van der Waals surface area contributed by atoms with Crippen LogP contribution in [0.15, 0.2) is 48.5 Å². The van der Waals surface area contributed by atoms with Crippen LogP contribution in [0.5, 0.6) is 11.5 Å². The molecule has 0 heterocycles. The van der Waals surface area contributed by atoms with E-state index in [0.29, 0.717) is 0 Å². The molecular formula is C23H34N2O2. The Morgan fingerprint density at radius 3 is 2.26 bits per heavy atom. The number of nitrogens with zero attached hydrogens (tertiary/aromatic N) is 1. The zero-order valence-electron chi connectivity index (χ0n) is 17.2. The predicted molar refractivity (Wildman–Crippen MR) is 113 cm³/mol. The van der Waals surface area contributed by atoms with Crippen molar-refractivity contribution < 1.29 is 9.47 Å². The van der Waals surface area contributed by atoms with Gasteiger partial charge < -0.3 is 19.7 Å². The Kier molecular flexibility index (Phi) is 9.16. The van der Waals surface area contributed by atoms with Gasteiger partial charge in [0, 0.05) is 6.04 Å². The molecule has 1 N–H and O–H groups in total. The molecule has 0 saturated heterocycles. The molecule has 4 nitrogen and oxygen atoms in total. The quantitative estimate of drug-likeness (QED) is 0.565. The Bertz CT molecular complexity index is 657. The highest BCUT2D eigenvalue weighted by molar-refractivity contribution is 5.44. The van der Waals surface area contributed by atoms with E-state index in [1.807, 2.05) is 6.07 Å². The first-order chi connectivity index (χ1) is 13.2. The van der Waals surface area contributed by atoms with Crippen LogP contribution >= 0.6 is 0 Å². The second kappa shape index (κ2) is 11.6. The molecule has 4 heteroatoms. The fourth-order valence-corrected chi connectivity index (χ4v) is 3.35. The Balaban J connectivity index is 2.09. The van der Waals surface area contributed by atoms with E-state index in [1.54, 1.807) is 14.2 Å². The Labute approximate surface area is 164 Å². The molecule has 1 unspecified atom stereocenters. The van der Waals surface area contributed by atoms with Gasteiger partial charge in [0.25, 0.3) is 0 Å². The molecule has 2 aromatic rings. The van der Waals surface area contributed by atoms with Crippen LogP contribution in [0.3, 0.4) is 0 Å². The number of rotatable bonds is 12. The molecule has 27 heavy (non-hydrogen) atoms. The van der Waals surface area contributed by atoms with Crippen molar-refractivity contribution in [3.05, 3.63) is 59.7 Å². The van der Waals surface area contributed by atoms with Gasteiger partial charge in [-0.3, -0.25) is 0 Å². The van der Waals surface area contributed by atoms with Crippen molar-refractivity contribution in [2.45, 2.75) is 32.7 Å². The average Bonchev–Trinajstić information content (AvgIpc) is 2.73. The summed E-state index contributed by atoms with van der Waals surface area (Å²) in [5, 5.41) is 3.75. The highest BCUT2D eigenvalue weighted by atomic mass is 16.5. The summed E-state index contributed by atoms with van der Waals surface area (Å²) in [5.41, 5.74) is 2.55. The minimum atomic E-state index is 0.240. The maximum atomic E-state index is 5.50. The highest BCUT2D eigenvalue weighted by Gasteiger charge is 2.15. The van der Waals surface area contributed by atoms with Crippen LogP contribution in [0.1, 0.15) is 37.4 Å². The lowest BCUT2D eigenvalue weighted by molar-refractivity contribution is 0.295. The van der Waals surface area contributed by atoms with Crippen molar-refractivity contribution in [3.8, 4) is 11.5 Å². The van der Waals surface area contributed by atoms with E-state index in [9.17, 15) is 0 Å². The highest BCUT2D eigenvalue weighted by Crippen LogP contribution is 2.31. The first-order valence-electron chi connectivity index (χ1n) is 9.93. The fraction of sp³-hybridized carbons (Fsp3) is 0.478. The lowest BCUT2D eigenvalue weighted by Crippen LogP contribution is -2.29. The van der Waals surface area contributed by atoms with Gasteiger partial charge >= 0.3 is 0 Å². The first-order valence-corrected chi connectivity index (χ1v) is 9.93. The Hall–Kier alpha value is -2.04. The van der Waals surface area contributed by atoms with Crippen molar-refractivity contribution >= 4 is 0 Å². The van der Waals surface area contributed by atoms with Crippen molar-refractivity contribution in [2.24, 2.45) is 0 Å². The van der Waals surface area contributed by atoms with Crippen molar-refractivity contribution in [1.29, 1.82) is 0 Å². The van der Waals surface area contributed by atoms with Gasteiger partial charge in [-0.15, -0.1) is 0 Å². The fourth-order valence-electron chi connectivity index (χ4n) is 3.35. The van der Waals surface area contributed by atoms with Crippen LogP contribution in [0, 0.1) is 0 Å². The van der Waals surface area contributed by atoms with E-state index in [-0.39, 0.29) is 6.04 Å². The van der Waals surface area contributed by atoms with E-state index >= 15 is 0 Å². The molecule has 0 aliphatic carbocycles. The summed E-state index contributed by atoms with van der Waals surface area (Å²) in [6, 6.07) is 17.1. The van der Waals surface area contributed by atoms with Crippen LogP contribution in [0.4, 0.5) is 0 Å². The van der Waals surface area contributed by atoms with Gasteiger partial charge in [0.1, 0.15) is 0 Å². The molecule has 0 fully saturated rings. The van der Waals surface area contributed by atoms with Gasteiger partial charge in [-0.05, 0) is 62.3 Å². The molecule has 1 atom stereocenters. The number of benzene rings is 2. The SMILES string of the molecule is CCN(CC)CCCNC(Cc1ccccc1)c1ccc(OC)c(OC)c1. The maximum absolute atomic E-state index is 5.50. The van der Waals surface area contributed by atoms with Crippen molar-refractivity contribution in [1.82, 2.24) is 10.2 Å². The number of hydrogen-bond acceptors (Lipinski definition) is 4. The van der Waals surface area contributed by atoms with Gasteiger partial charge in [-0.25, -0.2) is 0 Å².